The van der Waals surface area contributed by atoms with Gasteiger partial charge in [-0.2, -0.15) is 0 Å². The van der Waals surface area contributed by atoms with Crippen molar-refractivity contribution in [2.45, 2.75) is 31.2 Å². The minimum atomic E-state index is 0.696. The van der Waals surface area contributed by atoms with Gasteiger partial charge in [0, 0.05) is 11.4 Å². The summed E-state index contributed by atoms with van der Waals surface area (Å²) in [6.07, 6.45) is 2.03. The van der Waals surface area contributed by atoms with Crippen molar-refractivity contribution in [3.63, 3.8) is 0 Å². The fourth-order valence-electron chi connectivity index (χ4n) is 3.05. The van der Waals surface area contributed by atoms with Crippen LogP contribution in [0, 0.1) is 0 Å². The van der Waals surface area contributed by atoms with Crippen molar-refractivity contribution in [2.24, 2.45) is 0 Å². The molecule has 0 aliphatic carbocycles. The molecule has 0 saturated carbocycles. The van der Waals surface area contributed by atoms with Crippen molar-refractivity contribution in [3.05, 3.63) is 68.6 Å². The van der Waals surface area contributed by atoms with Crippen LogP contribution in [0.25, 0.3) is 0 Å². The quantitative estimate of drug-likeness (QED) is 0.617. The van der Waals surface area contributed by atoms with E-state index >= 15 is 0 Å². The average Bonchev–Trinajstić information content (AvgIpc) is 2.81. The molecular weight excluding hydrogens is 371 g/mol. The summed E-state index contributed by atoms with van der Waals surface area (Å²) in [7, 11) is 0. The van der Waals surface area contributed by atoms with Gasteiger partial charge in [0.2, 0.25) is 0 Å². The Balaban J connectivity index is 1.78. The number of anilines is 1. The zero-order chi connectivity index (χ0) is 17.8. The van der Waals surface area contributed by atoms with Crippen molar-refractivity contribution in [2.75, 3.05) is 18.4 Å². The summed E-state index contributed by atoms with van der Waals surface area (Å²) in [5.74, 6) is 0. The minimum absolute atomic E-state index is 0.696. The minimum Gasteiger partial charge on any atom is -0.380 e. The van der Waals surface area contributed by atoms with Gasteiger partial charge in [0.05, 0.1) is 15.7 Å². The lowest BCUT2D eigenvalue weighted by molar-refractivity contribution is 0.711. The molecule has 3 rings (SSSR count). The Labute approximate surface area is 164 Å². The Kier molecular flexibility index (Phi) is 6.34. The van der Waals surface area contributed by atoms with Crippen LogP contribution in [0.3, 0.4) is 0 Å². The summed E-state index contributed by atoms with van der Waals surface area (Å²) in [4.78, 5) is 2.07. The lowest BCUT2D eigenvalue weighted by Gasteiger charge is -2.16. The van der Waals surface area contributed by atoms with E-state index in [0.29, 0.717) is 6.54 Å². The molecule has 0 saturated heterocycles. The number of thioether (sulfide) groups is 1. The van der Waals surface area contributed by atoms with Crippen LogP contribution in [0.15, 0.2) is 46.7 Å². The SMILES string of the molecule is C=C(C)Sc1ccc(CNc2c(Cl)ccc3c2CCNCC3)cc1Cl. The Morgan fingerprint density at radius 2 is 1.96 bits per heavy atom. The molecule has 5 heteroatoms. The molecule has 2 aromatic carbocycles. The highest BCUT2D eigenvalue weighted by molar-refractivity contribution is 8.03. The van der Waals surface area contributed by atoms with Gasteiger partial charge in [-0.1, -0.05) is 53.7 Å². The van der Waals surface area contributed by atoms with E-state index in [9.17, 15) is 0 Å². The lowest BCUT2D eigenvalue weighted by Crippen LogP contribution is -2.16. The van der Waals surface area contributed by atoms with Crippen LogP contribution in [0.4, 0.5) is 5.69 Å². The third kappa shape index (κ3) is 4.73. The number of halogens is 2. The normalized spacial score (nSPS) is 13.9. The summed E-state index contributed by atoms with van der Waals surface area (Å²) in [5.41, 5.74) is 4.90. The second-order valence-corrected chi connectivity index (χ2v) is 8.39. The molecule has 0 atom stereocenters. The number of hydrogen-bond donors (Lipinski definition) is 2. The van der Waals surface area contributed by atoms with E-state index in [1.165, 1.54) is 11.1 Å². The highest BCUT2D eigenvalue weighted by Gasteiger charge is 2.14. The molecule has 2 aromatic rings. The zero-order valence-electron chi connectivity index (χ0n) is 14.3. The van der Waals surface area contributed by atoms with Crippen molar-refractivity contribution in [3.8, 4) is 0 Å². The van der Waals surface area contributed by atoms with Crippen LogP contribution in [0.1, 0.15) is 23.6 Å². The van der Waals surface area contributed by atoms with Crippen LogP contribution < -0.4 is 10.6 Å². The van der Waals surface area contributed by atoms with Crippen LogP contribution in [-0.2, 0) is 19.4 Å². The molecule has 25 heavy (non-hydrogen) atoms. The predicted octanol–water partition coefficient (Wildman–Crippen LogP) is 5.92. The van der Waals surface area contributed by atoms with E-state index in [-0.39, 0.29) is 0 Å². The predicted molar refractivity (Wildman–Crippen MR) is 111 cm³/mol. The molecule has 0 fully saturated rings. The largest absolute Gasteiger partial charge is 0.380 e. The molecule has 1 aliphatic heterocycles. The zero-order valence-corrected chi connectivity index (χ0v) is 16.6. The van der Waals surface area contributed by atoms with Crippen molar-refractivity contribution in [1.29, 1.82) is 0 Å². The molecule has 0 radical (unpaired) electrons. The first-order valence-corrected chi connectivity index (χ1v) is 9.98. The van der Waals surface area contributed by atoms with Gasteiger partial charge in [-0.15, -0.1) is 0 Å². The molecular formula is C20H22Cl2N2S. The molecule has 0 spiro atoms. The second kappa shape index (κ2) is 8.50. The smallest absolute Gasteiger partial charge is 0.0640 e. The third-order valence-electron chi connectivity index (χ3n) is 4.23. The van der Waals surface area contributed by atoms with Gasteiger partial charge in [-0.25, -0.2) is 0 Å². The van der Waals surface area contributed by atoms with Gasteiger partial charge in [-0.3, -0.25) is 0 Å². The van der Waals surface area contributed by atoms with Gasteiger partial charge in [-0.05, 0) is 72.6 Å². The topological polar surface area (TPSA) is 24.1 Å². The summed E-state index contributed by atoms with van der Waals surface area (Å²) in [6.45, 7) is 8.60. The number of benzene rings is 2. The number of hydrogen-bond acceptors (Lipinski definition) is 3. The molecule has 0 unspecified atom stereocenters. The number of allylic oxidation sites excluding steroid dienone is 1. The van der Waals surface area contributed by atoms with Crippen LogP contribution in [0.2, 0.25) is 10.0 Å². The third-order valence-corrected chi connectivity index (χ3v) is 5.90. The highest BCUT2D eigenvalue weighted by Crippen LogP contribution is 2.34. The first-order valence-electron chi connectivity index (χ1n) is 8.41. The molecule has 0 aromatic heterocycles. The monoisotopic (exact) mass is 392 g/mol. The van der Waals surface area contributed by atoms with E-state index in [2.05, 4.69) is 35.4 Å². The maximum atomic E-state index is 6.47. The Morgan fingerprint density at radius 1 is 1.16 bits per heavy atom. The van der Waals surface area contributed by atoms with Crippen molar-refractivity contribution >= 4 is 40.7 Å². The Hall–Kier alpha value is -1.13. The summed E-state index contributed by atoms with van der Waals surface area (Å²) in [6, 6.07) is 10.3. The average molecular weight is 393 g/mol. The van der Waals surface area contributed by atoms with Crippen molar-refractivity contribution in [1.82, 2.24) is 5.32 Å². The summed E-state index contributed by atoms with van der Waals surface area (Å²) in [5, 5.41) is 8.51. The summed E-state index contributed by atoms with van der Waals surface area (Å²) < 4.78 is 0. The molecule has 2 N–H and O–H groups in total. The number of rotatable bonds is 5. The van der Waals surface area contributed by atoms with E-state index in [1.807, 2.05) is 19.1 Å². The molecule has 2 nitrogen and oxygen atoms in total. The lowest BCUT2D eigenvalue weighted by atomic mass is 10.0. The number of fused-ring (bicyclic) bond motifs is 1. The second-order valence-electron chi connectivity index (χ2n) is 6.23. The standard InChI is InChI=1S/C20H22Cl2N2S/c1-13(2)25-19-6-3-14(11-18(19)22)12-24-20-16-8-10-23-9-7-15(16)4-5-17(20)21/h3-6,11,23-24H,1,7-10,12H2,2H3. The maximum absolute atomic E-state index is 6.47. The molecule has 0 amide bonds. The van der Waals surface area contributed by atoms with Crippen LogP contribution >= 0.6 is 35.0 Å². The first kappa shape index (κ1) is 18.7. The fourth-order valence-corrected chi connectivity index (χ4v) is 4.28. The van der Waals surface area contributed by atoms with Crippen molar-refractivity contribution < 1.29 is 0 Å². The van der Waals surface area contributed by atoms with Gasteiger partial charge in [0.25, 0.3) is 0 Å². The van der Waals surface area contributed by atoms with Gasteiger partial charge in [0.15, 0.2) is 0 Å². The molecule has 0 bridgehead atoms. The number of nitrogens with one attached hydrogen (secondary N) is 2. The van der Waals surface area contributed by atoms with Gasteiger partial charge < -0.3 is 10.6 Å². The van der Waals surface area contributed by atoms with E-state index in [0.717, 1.165) is 57.0 Å². The van der Waals surface area contributed by atoms with Gasteiger partial charge >= 0.3 is 0 Å². The van der Waals surface area contributed by atoms with Gasteiger partial charge in [0.1, 0.15) is 0 Å². The molecule has 1 heterocycles. The molecule has 132 valence electrons. The fraction of sp³-hybridized carbons (Fsp3) is 0.300. The Morgan fingerprint density at radius 3 is 2.72 bits per heavy atom. The summed E-state index contributed by atoms with van der Waals surface area (Å²) >= 11 is 14.5. The van der Waals surface area contributed by atoms with E-state index < -0.39 is 0 Å². The molecule has 1 aliphatic rings. The maximum Gasteiger partial charge on any atom is 0.0640 e. The van der Waals surface area contributed by atoms with E-state index in [4.69, 9.17) is 23.2 Å². The Bertz CT molecular complexity index is 790. The highest BCUT2D eigenvalue weighted by atomic mass is 35.5. The van der Waals surface area contributed by atoms with Crippen LogP contribution in [0.5, 0.6) is 0 Å². The van der Waals surface area contributed by atoms with Crippen LogP contribution in [-0.4, -0.2) is 13.1 Å². The van der Waals surface area contributed by atoms with E-state index in [1.54, 1.807) is 11.8 Å². The first-order chi connectivity index (χ1) is 12.0.